The fourth-order valence-electron chi connectivity index (χ4n) is 1.68. The van der Waals surface area contributed by atoms with Gasteiger partial charge in [-0.3, -0.25) is 0 Å². The molecule has 5 nitrogen and oxygen atoms in total. The van der Waals surface area contributed by atoms with Crippen molar-refractivity contribution in [1.82, 2.24) is 5.32 Å². The number of carboxylic acids is 1. The van der Waals surface area contributed by atoms with Gasteiger partial charge in [0.1, 0.15) is 12.6 Å². The molecule has 0 fully saturated rings. The van der Waals surface area contributed by atoms with Crippen LogP contribution in [0.1, 0.15) is 41.9 Å². The molecule has 2 N–H and O–H groups in total. The van der Waals surface area contributed by atoms with Gasteiger partial charge in [-0.15, -0.1) is 0 Å². The van der Waals surface area contributed by atoms with E-state index in [-0.39, 0.29) is 26.8 Å². The molecule has 0 spiro atoms. The Balaban J connectivity index is 2.61. The topological polar surface area (TPSA) is 75.6 Å². The van der Waals surface area contributed by atoms with Gasteiger partial charge in [0.25, 0.3) is 0 Å². The van der Waals surface area contributed by atoms with Gasteiger partial charge in [-0.05, 0) is 17.4 Å². The van der Waals surface area contributed by atoms with Gasteiger partial charge in [0, 0.05) is 2.74 Å². The van der Waals surface area contributed by atoms with Crippen LogP contribution in [0.15, 0.2) is 30.3 Å². The summed E-state index contributed by atoms with van der Waals surface area (Å²) < 4.78 is 20.1. The van der Waals surface area contributed by atoms with Gasteiger partial charge in [0.05, 0.1) is 0 Å². The largest absolute Gasteiger partial charge is 0.480 e. The molecule has 0 aliphatic rings. The highest BCUT2D eigenvalue weighted by Gasteiger charge is 2.28. The number of nitrogens with one attached hydrogen (secondary N) is 1. The van der Waals surface area contributed by atoms with Crippen LogP contribution >= 0.6 is 0 Å². The standard InChI is InChI=1S/C16H23NO4/c1-4-16(2,3)10-13(14(18)19)17-15(20)21-11-12-8-6-5-7-9-12/h5-9,13H,4,10-11H2,1-3H3,(H,17,20)(H,18,19)/t13-/m0/s1/i2D,3D. The summed E-state index contributed by atoms with van der Waals surface area (Å²) in [5, 5.41) is 11.6. The van der Waals surface area contributed by atoms with Crippen molar-refractivity contribution in [3.05, 3.63) is 35.9 Å². The summed E-state index contributed by atoms with van der Waals surface area (Å²) in [6.45, 7) is 1.75. The summed E-state index contributed by atoms with van der Waals surface area (Å²) in [5.41, 5.74) is 0.0604. The van der Waals surface area contributed by atoms with Gasteiger partial charge in [-0.1, -0.05) is 57.5 Å². The lowest BCUT2D eigenvalue weighted by molar-refractivity contribution is -0.140. The van der Waals surface area contributed by atoms with Crippen molar-refractivity contribution in [1.29, 1.82) is 0 Å². The van der Waals surface area contributed by atoms with Crippen LogP contribution in [-0.4, -0.2) is 23.2 Å². The zero-order valence-electron chi connectivity index (χ0n) is 14.2. The van der Waals surface area contributed by atoms with Gasteiger partial charge >= 0.3 is 12.1 Å². The molecule has 0 heterocycles. The van der Waals surface area contributed by atoms with Crippen LogP contribution in [0.3, 0.4) is 0 Å². The second-order valence-electron chi connectivity index (χ2n) is 5.15. The van der Waals surface area contributed by atoms with Crippen molar-refractivity contribution in [2.45, 2.75) is 46.2 Å². The van der Waals surface area contributed by atoms with Crippen molar-refractivity contribution in [2.75, 3.05) is 0 Å². The molecule has 0 bridgehead atoms. The average molecular weight is 295 g/mol. The van der Waals surface area contributed by atoms with Crippen LogP contribution in [0.5, 0.6) is 0 Å². The van der Waals surface area contributed by atoms with Crippen molar-refractivity contribution in [3.8, 4) is 0 Å². The summed E-state index contributed by atoms with van der Waals surface area (Å²) in [5.74, 6) is -1.19. The van der Waals surface area contributed by atoms with Gasteiger partial charge in [-0.2, -0.15) is 0 Å². The number of ether oxygens (including phenoxy) is 1. The number of amides is 1. The molecular weight excluding hydrogens is 270 g/mol. The first-order chi connectivity index (χ1) is 11.0. The van der Waals surface area contributed by atoms with E-state index < -0.39 is 23.5 Å². The first-order valence-electron chi connectivity index (χ1n) is 8.16. The third kappa shape index (κ3) is 6.29. The van der Waals surface area contributed by atoms with Crippen molar-refractivity contribution in [3.63, 3.8) is 0 Å². The van der Waals surface area contributed by atoms with E-state index in [9.17, 15) is 14.7 Å². The molecule has 0 saturated heterocycles. The third-order valence-electron chi connectivity index (χ3n) is 3.19. The molecule has 1 amide bonds. The van der Waals surface area contributed by atoms with E-state index in [0.29, 0.717) is 6.42 Å². The Morgan fingerprint density at radius 2 is 2.05 bits per heavy atom. The van der Waals surface area contributed by atoms with E-state index in [1.54, 1.807) is 12.1 Å². The molecule has 1 aromatic rings. The molecule has 5 heteroatoms. The smallest absolute Gasteiger partial charge is 0.408 e. The quantitative estimate of drug-likeness (QED) is 0.810. The minimum absolute atomic E-state index is 0.0340. The van der Waals surface area contributed by atoms with Crippen molar-refractivity contribution >= 4 is 12.1 Å². The number of carbonyl (C=O) groups excluding carboxylic acids is 1. The highest BCUT2D eigenvalue weighted by Crippen LogP contribution is 2.26. The maximum absolute atomic E-state index is 11.8. The van der Waals surface area contributed by atoms with Gasteiger partial charge in [0.2, 0.25) is 0 Å². The van der Waals surface area contributed by atoms with E-state index in [2.05, 4.69) is 5.32 Å². The molecule has 1 atom stereocenters. The fourth-order valence-corrected chi connectivity index (χ4v) is 1.68. The molecule has 21 heavy (non-hydrogen) atoms. The lowest BCUT2D eigenvalue weighted by Crippen LogP contribution is -2.43. The fraction of sp³-hybridized carbons (Fsp3) is 0.500. The minimum atomic E-state index is -1.19. The SMILES string of the molecule is [2H]CC(C[2H])(CC)C[C@H](NC(=O)OCc1ccccc1)C(=O)O. The van der Waals surface area contributed by atoms with Crippen LogP contribution in [0, 0.1) is 5.41 Å². The van der Waals surface area contributed by atoms with Crippen LogP contribution in [0.25, 0.3) is 0 Å². The van der Waals surface area contributed by atoms with Crippen LogP contribution in [-0.2, 0) is 16.1 Å². The number of hydrogen-bond donors (Lipinski definition) is 2. The van der Waals surface area contributed by atoms with Gasteiger partial charge < -0.3 is 15.2 Å². The third-order valence-corrected chi connectivity index (χ3v) is 3.19. The molecule has 0 aromatic heterocycles. The average Bonchev–Trinajstić information content (AvgIpc) is 2.58. The Labute approximate surface area is 128 Å². The summed E-state index contributed by atoms with van der Waals surface area (Å²) in [7, 11) is 0. The molecule has 1 aromatic carbocycles. The zero-order chi connectivity index (χ0) is 17.3. The molecule has 0 aliphatic carbocycles. The van der Waals surface area contributed by atoms with Gasteiger partial charge in [0.15, 0.2) is 0 Å². The highest BCUT2D eigenvalue weighted by atomic mass is 16.5. The maximum Gasteiger partial charge on any atom is 0.408 e. The Bertz CT molecular complexity index is 498. The number of carbonyl (C=O) groups is 2. The predicted octanol–water partition coefficient (Wildman–Crippen LogP) is 3.19. The second kappa shape index (κ2) is 7.67. The van der Waals surface area contributed by atoms with E-state index in [4.69, 9.17) is 7.48 Å². The van der Waals surface area contributed by atoms with E-state index in [1.807, 2.05) is 25.1 Å². The number of benzene rings is 1. The number of hydrogen-bond acceptors (Lipinski definition) is 3. The Morgan fingerprint density at radius 1 is 1.38 bits per heavy atom. The Hall–Kier alpha value is -2.04. The van der Waals surface area contributed by atoms with Crippen LogP contribution in [0.4, 0.5) is 4.79 Å². The maximum atomic E-state index is 11.8. The summed E-state index contributed by atoms with van der Waals surface area (Å²) in [6.07, 6.45) is -0.280. The summed E-state index contributed by atoms with van der Waals surface area (Å²) in [4.78, 5) is 23.1. The number of carboxylic acid groups (broad SMARTS) is 1. The lowest BCUT2D eigenvalue weighted by atomic mass is 9.83. The molecule has 116 valence electrons. The molecule has 0 unspecified atom stereocenters. The molecular formula is C16H23NO4. The van der Waals surface area contributed by atoms with Crippen LogP contribution < -0.4 is 5.32 Å². The molecule has 1 rings (SSSR count). The Morgan fingerprint density at radius 3 is 2.57 bits per heavy atom. The summed E-state index contributed by atoms with van der Waals surface area (Å²) in [6, 6.07) is 7.89. The minimum Gasteiger partial charge on any atom is -0.480 e. The van der Waals surface area contributed by atoms with Crippen LogP contribution in [0.2, 0.25) is 0 Å². The van der Waals surface area contributed by atoms with Crippen molar-refractivity contribution in [2.24, 2.45) is 5.41 Å². The zero-order valence-corrected chi connectivity index (χ0v) is 12.2. The monoisotopic (exact) mass is 295 g/mol. The first kappa shape index (κ1) is 13.9. The molecule has 0 saturated carbocycles. The summed E-state index contributed by atoms with van der Waals surface area (Å²) >= 11 is 0. The second-order valence-corrected chi connectivity index (χ2v) is 5.15. The van der Waals surface area contributed by atoms with E-state index >= 15 is 0 Å². The van der Waals surface area contributed by atoms with E-state index in [1.165, 1.54) is 0 Å². The van der Waals surface area contributed by atoms with E-state index in [0.717, 1.165) is 5.56 Å². The normalized spacial score (nSPS) is 13.8. The predicted molar refractivity (Wildman–Crippen MR) is 79.9 cm³/mol. The number of aliphatic carboxylic acids is 1. The number of rotatable bonds is 7. The van der Waals surface area contributed by atoms with Crippen molar-refractivity contribution < 1.29 is 22.2 Å². The Kier molecular flexibility index (Phi) is 5.08. The molecule has 0 radical (unpaired) electrons. The van der Waals surface area contributed by atoms with Gasteiger partial charge in [-0.25, -0.2) is 9.59 Å². The highest BCUT2D eigenvalue weighted by molar-refractivity contribution is 5.79. The molecule has 0 aliphatic heterocycles. The lowest BCUT2D eigenvalue weighted by Gasteiger charge is -2.26. The first-order valence-corrected chi connectivity index (χ1v) is 6.75. The number of alkyl carbamates (subject to hydrolysis) is 1.